The average molecular weight is 245 g/mol. The number of carbonyl (C=O) groups is 1. The molecule has 1 aromatic rings. The van der Waals surface area contributed by atoms with E-state index in [1.54, 1.807) is 6.92 Å². The first kappa shape index (κ1) is 12.8. The van der Waals surface area contributed by atoms with Crippen LogP contribution >= 0.6 is 11.8 Å². The van der Waals surface area contributed by atoms with Crippen molar-refractivity contribution in [2.24, 2.45) is 0 Å². The van der Waals surface area contributed by atoms with Crippen LogP contribution in [0.25, 0.3) is 0 Å². The van der Waals surface area contributed by atoms with E-state index >= 15 is 0 Å². The molecule has 1 rings (SSSR count). The van der Waals surface area contributed by atoms with Gasteiger partial charge in [-0.15, -0.1) is 5.10 Å². The lowest BCUT2D eigenvalue weighted by Gasteiger charge is -2.08. The highest BCUT2D eigenvalue weighted by molar-refractivity contribution is 8.00. The summed E-state index contributed by atoms with van der Waals surface area (Å²) < 4.78 is 1.47. The van der Waals surface area contributed by atoms with Gasteiger partial charge >= 0.3 is 11.7 Å². The molecule has 0 spiro atoms. The minimum Gasteiger partial charge on any atom is -0.480 e. The second-order valence-corrected chi connectivity index (χ2v) is 4.49. The van der Waals surface area contributed by atoms with Crippen LogP contribution in [-0.4, -0.2) is 31.1 Å². The zero-order valence-electron chi connectivity index (χ0n) is 9.27. The van der Waals surface area contributed by atoms with Gasteiger partial charge in [0, 0.05) is 6.54 Å². The topological polar surface area (TPSA) is 88.0 Å². The van der Waals surface area contributed by atoms with Crippen LogP contribution in [-0.2, 0) is 11.3 Å². The zero-order chi connectivity index (χ0) is 12.1. The maximum atomic E-state index is 11.4. The minimum absolute atomic E-state index is 0.287. The maximum absolute atomic E-state index is 11.4. The van der Waals surface area contributed by atoms with E-state index in [0.29, 0.717) is 18.1 Å². The van der Waals surface area contributed by atoms with E-state index in [4.69, 9.17) is 5.11 Å². The normalized spacial score (nSPS) is 12.6. The molecule has 0 aliphatic carbocycles. The van der Waals surface area contributed by atoms with Crippen molar-refractivity contribution in [3.63, 3.8) is 0 Å². The third-order valence-corrected chi connectivity index (χ3v) is 3.41. The van der Waals surface area contributed by atoms with Gasteiger partial charge in [0.15, 0.2) is 5.16 Å². The van der Waals surface area contributed by atoms with Crippen LogP contribution in [0.3, 0.4) is 0 Å². The number of aromatic amines is 1. The molecule has 6 nitrogen and oxygen atoms in total. The summed E-state index contributed by atoms with van der Waals surface area (Å²) in [5, 5.41) is 15.0. The van der Waals surface area contributed by atoms with Gasteiger partial charge in [0.2, 0.25) is 0 Å². The zero-order valence-corrected chi connectivity index (χ0v) is 10.1. The van der Waals surface area contributed by atoms with Crippen molar-refractivity contribution < 1.29 is 9.90 Å². The summed E-state index contributed by atoms with van der Waals surface area (Å²) in [6.07, 6.45) is 1.30. The van der Waals surface area contributed by atoms with Crippen molar-refractivity contribution in [2.45, 2.75) is 43.6 Å². The van der Waals surface area contributed by atoms with Crippen LogP contribution in [0.5, 0.6) is 0 Å². The molecule has 7 heteroatoms. The molecular formula is C9H15N3O3S. The molecule has 0 aliphatic rings. The molecule has 0 amide bonds. The van der Waals surface area contributed by atoms with Crippen LogP contribution in [0.4, 0.5) is 0 Å². The smallest absolute Gasteiger partial charge is 0.343 e. The Morgan fingerprint density at radius 3 is 2.81 bits per heavy atom. The first-order chi connectivity index (χ1) is 7.60. The molecule has 0 fully saturated rings. The average Bonchev–Trinajstić information content (AvgIpc) is 2.57. The van der Waals surface area contributed by atoms with Crippen molar-refractivity contribution in [3.8, 4) is 0 Å². The number of H-pyrrole nitrogens is 1. The van der Waals surface area contributed by atoms with E-state index < -0.39 is 11.2 Å². The first-order valence-corrected chi connectivity index (χ1v) is 6.02. The second kappa shape index (κ2) is 5.74. The van der Waals surface area contributed by atoms with Gasteiger partial charge in [-0.25, -0.2) is 9.89 Å². The van der Waals surface area contributed by atoms with Crippen LogP contribution in [0, 0.1) is 0 Å². The Hall–Kier alpha value is -1.24. The highest BCUT2D eigenvalue weighted by Gasteiger charge is 2.20. The first-order valence-electron chi connectivity index (χ1n) is 5.14. The SMILES string of the molecule is CCCn1c(S[C@@H](CC)C(=O)O)n[nH]c1=O. The molecule has 0 saturated carbocycles. The second-order valence-electron chi connectivity index (χ2n) is 3.32. The monoisotopic (exact) mass is 245 g/mol. The molecule has 1 heterocycles. The summed E-state index contributed by atoms with van der Waals surface area (Å²) in [5.74, 6) is -0.883. The summed E-state index contributed by atoms with van der Waals surface area (Å²) in [6.45, 7) is 4.29. The lowest BCUT2D eigenvalue weighted by atomic mass is 10.3. The van der Waals surface area contributed by atoms with Crippen LogP contribution in [0.15, 0.2) is 9.95 Å². The molecule has 0 unspecified atom stereocenters. The number of hydrogen-bond acceptors (Lipinski definition) is 4. The number of carboxylic acid groups (broad SMARTS) is 1. The van der Waals surface area contributed by atoms with Gasteiger partial charge in [-0.3, -0.25) is 9.36 Å². The summed E-state index contributed by atoms with van der Waals surface area (Å²) >= 11 is 1.11. The molecular weight excluding hydrogens is 230 g/mol. The van der Waals surface area contributed by atoms with Crippen LogP contribution in [0.1, 0.15) is 26.7 Å². The predicted molar refractivity (Wildman–Crippen MR) is 60.7 cm³/mol. The molecule has 16 heavy (non-hydrogen) atoms. The lowest BCUT2D eigenvalue weighted by Crippen LogP contribution is -2.20. The summed E-state index contributed by atoms with van der Waals surface area (Å²) in [4.78, 5) is 22.2. The van der Waals surface area contributed by atoms with Gasteiger partial charge in [-0.05, 0) is 12.8 Å². The number of thioether (sulfide) groups is 1. The van der Waals surface area contributed by atoms with Gasteiger partial charge in [-0.2, -0.15) is 0 Å². The Bertz CT molecular complexity index is 412. The van der Waals surface area contributed by atoms with Crippen LogP contribution < -0.4 is 5.69 Å². The standard InChI is InChI=1S/C9H15N3O3S/c1-3-5-12-8(15)10-11-9(12)16-6(4-2)7(13)14/h6H,3-5H2,1-2H3,(H,10,15)(H,13,14)/t6-/m0/s1. The molecule has 0 bridgehead atoms. The number of aliphatic carboxylic acids is 1. The van der Waals surface area contributed by atoms with Gasteiger partial charge in [0.1, 0.15) is 5.25 Å². The highest BCUT2D eigenvalue weighted by atomic mass is 32.2. The predicted octanol–water partition coefficient (Wildman–Crippen LogP) is 0.937. The Balaban J connectivity index is 2.87. The van der Waals surface area contributed by atoms with Crippen molar-refractivity contribution in [1.29, 1.82) is 0 Å². The number of carboxylic acids is 1. The number of aromatic nitrogens is 3. The van der Waals surface area contributed by atoms with Gasteiger partial charge in [0.25, 0.3) is 0 Å². The van der Waals surface area contributed by atoms with E-state index in [1.165, 1.54) is 4.57 Å². The van der Waals surface area contributed by atoms with Gasteiger partial charge in [0.05, 0.1) is 0 Å². The summed E-state index contributed by atoms with van der Waals surface area (Å²) in [7, 11) is 0. The Morgan fingerprint density at radius 1 is 1.62 bits per heavy atom. The van der Waals surface area contributed by atoms with Gasteiger partial charge in [-0.1, -0.05) is 25.6 Å². The molecule has 0 radical (unpaired) electrons. The Labute approximate surface area is 97.1 Å². The lowest BCUT2D eigenvalue weighted by molar-refractivity contribution is -0.136. The van der Waals surface area contributed by atoms with Crippen molar-refractivity contribution in [3.05, 3.63) is 10.5 Å². The third-order valence-electron chi connectivity index (χ3n) is 2.06. The summed E-state index contributed by atoms with van der Waals surface area (Å²) in [5.41, 5.74) is -0.287. The number of nitrogens with zero attached hydrogens (tertiary/aromatic N) is 2. The Morgan fingerprint density at radius 2 is 2.31 bits per heavy atom. The number of nitrogens with one attached hydrogen (secondary N) is 1. The van der Waals surface area contributed by atoms with E-state index in [2.05, 4.69) is 10.2 Å². The number of rotatable bonds is 6. The fourth-order valence-electron chi connectivity index (χ4n) is 1.25. The fraction of sp³-hybridized carbons (Fsp3) is 0.667. The van der Waals surface area contributed by atoms with E-state index in [9.17, 15) is 9.59 Å². The molecule has 1 aromatic heterocycles. The van der Waals surface area contributed by atoms with Gasteiger partial charge < -0.3 is 5.11 Å². The third kappa shape index (κ3) is 2.88. The molecule has 2 N–H and O–H groups in total. The van der Waals surface area contributed by atoms with Crippen LogP contribution in [0.2, 0.25) is 0 Å². The molecule has 1 atom stereocenters. The highest BCUT2D eigenvalue weighted by Crippen LogP contribution is 2.22. The quantitative estimate of drug-likeness (QED) is 0.728. The molecule has 0 aromatic carbocycles. The maximum Gasteiger partial charge on any atom is 0.343 e. The fourth-order valence-corrected chi connectivity index (χ4v) is 2.17. The Kier molecular flexibility index (Phi) is 4.60. The van der Waals surface area contributed by atoms with Crippen molar-refractivity contribution in [2.75, 3.05) is 0 Å². The van der Waals surface area contributed by atoms with E-state index in [1.807, 2.05) is 6.92 Å². The molecule has 90 valence electrons. The number of hydrogen-bond donors (Lipinski definition) is 2. The largest absolute Gasteiger partial charge is 0.480 e. The van der Waals surface area contributed by atoms with Crippen molar-refractivity contribution >= 4 is 17.7 Å². The molecule has 0 saturated heterocycles. The van der Waals surface area contributed by atoms with Crippen molar-refractivity contribution in [1.82, 2.24) is 14.8 Å². The molecule has 0 aliphatic heterocycles. The van der Waals surface area contributed by atoms with E-state index in [-0.39, 0.29) is 5.69 Å². The minimum atomic E-state index is -0.883. The van der Waals surface area contributed by atoms with E-state index in [0.717, 1.165) is 18.2 Å². The summed E-state index contributed by atoms with van der Waals surface area (Å²) in [6, 6.07) is 0.